The van der Waals surface area contributed by atoms with Crippen molar-refractivity contribution in [3.05, 3.63) is 107 Å². The molecule has 0 bridgehead atoms. The number of para-hydroxylation sites is 1. The molecule has 1 amide bonds. The Morgan fingerprint density at radius 3 is 2.52 bits per heavy atom. The van der Waals surface area contributed by atoms with Gasteiger partial charge in [-0.3, -0.25) is 9.69 Å². The Hall–Kier alpha value is -3.44. The Labute approximate surface area is 181 Å². The SMILES string of the molecule is O=C1NC(c2ccc(CN3CC=C(c4ccc(F)cc4)CC3)cc2)Oc2ccccc21. The Kier molecular flexibility index (Phi) is 5.26. The van der Waals surface area contributed by atoms with Gasteiger partial charge in [0.2, 0.25) is 0 Å². The van der Waals surface area contributed by atoms with Crippen LogP contribution >= 0.6 is 0 Å². The molecule has 0 fully saturated rings. The van der Waals surface area contributed by atoms with Gasteiger partial charge in [-0.05, 0) is 47.4 Å². The molecule has 0 saturated carbocycles. The van der Waals surface area contributed by atoms with Crippen LogP contribution in [0, 0.1) is 5.82 Å². The van der Waals surface area contributed by atoms with Gasteiger partial charge in [-0.25, -0.2) is 4.39 Å². The minimum Gasteiger partial charge on any atom is -0.466 e. The first-order valence-corrected chi connectivity index (χ1v) is 10.5. The van der Waals surface area contributed by atoms with E-state index in [1.165, 1.54) is 23.3 Å². The van der Waals surface area contributed by atoms with E-state index in [4.69, 9.17) is 4.74 Å². The minimum atomic E-state index is -0.479. The Bertz CT molecular complexity index is 1120. The summed E-state index contributed by atoms with van der Waals surface area (Å²) in [6.07, 6.45) is 2.70. The number of nitrogens with zero attached hydrogens (tertiary/aromatic N) is 1. The molecule has 5 rings (SSSR count). The smallest absolute Gasteiger partial charge is 0.258 e. The van der Waals surface area contributed by atoms with E-state index in [1.807, 2.05) is 42.5 Å². The monoisotopic (exact) mass is 414 g/mol. The molecule has 0 saturated heterocycles. The summed E-state index contributed by atoms with van der Waals surface area (Å²) in [4.78, 5) is 14.7. The van der Waals surface area contributed by atoms with Gasteiger partial charge in [0.15, 0.2) is 6.23 Å². The number of nitrogens with one attached hydrogen (secondary N) is 1. The lowest BCUT2D eigenvalue weighted by molar-refractivity contribution is 0.0756. The second kappa shape index (κ2) is 8.36. The maximum absolute atomic E-state index is 13.1. The van der Waals surface area contributed by atoms with E-state index in [1.54, 1.807) is 6.07 Å². The number of rotatable bonds is 4. The van der Waals surface area contributed by atoms with E-state index in [9.17, 15) is 9.18 Å². The highest BCUT2D eigenvalue weighted by molar-refractivity contribution is 5.97. The zero-order valence-electron chi connectivity index (χ0n) is 17.1. The summed E-state index contributed by atoms with van der Waals surface area (Å²) >= 11 is 0. The van der Waals surface area contributed by atoms with Crippen molar-refractivity contribution in [3.63, 3.8) is 0 Å². The molecule has 31 heavy (non-hydrogen) atoms. The highest BCUT2D eigenvalue weighted by Crippen LogP contribution is 2.29. The van der Waals surface area contributed by atoms with Crippen molar-refractivity contribution in [1.82, 2.24) is 10.2 Å². The molecular formula is C26H23FN2O2. The average molecular weight is 414 g/mol. The van der Waals surface area contributed by atoms with Crippen LogP contribution in [0.1, 0.15) is 39.7 Å². The van der Waals surface area contributed by atoms with Crippen molar-refractivity contribution >= 4 is 11.5 Å². The van der Waals surface area contributed by atoms with Gasteiger partial charge in [-0.1, -0.05) is 54.6 Å². The molecule has 3 aromatic rings. The fourth-order valence-electron chi connectivity index (χ4n) is 4.10. The lowest BCUT2D eigenvalue weighted by Crippen LogP contribution is -2.36. The fourth-order valence-corrected chi connectivity index (χ4v) is 4.10. The number of carbonyl (C=O) groups excluding carboxylic acids is 1. The van der Waals surface area contributed by atoms with Gasteiger partial charge in [0.1, 0.15) is 11.6 Å². The van der Waals surface area contributed by atoms with E-state index < -0.39 is 6.23 Å². The fraction of sp³-hybridized carbons (Fsp3) is 0.192. The number of hydrogen-bond acceptors (Lipinski definition) is 3. The largest absolute Gasteiger partial charge is 0.466 e. The summed E-state index contributed by atoms with van der Waals surface area (Å²) in [5.74, 6) is 0.290. The van der Waals surface area contributed by atoms with Gasteiger partial charge < -0.3 is 10.1 Å². The number of amides is 1. The topological polar surface area (TPSA) is 41.6 Å². The molecule has 1 unspecified atom stereocenters. The molecule has 0 radical (unpaired) electrons. The molecule has 1 N–H and O–H groups in total. The third kappa shape index (κ3) is 4.23. The normalized spacial score (nSPS) is 18.5. The van der Waals surface area contributed by atoms with Gasteiger partial charge >= 0.3 is 0 Å². The van der Waals surface area contributed by atoms with Crippen molar-refractivity contribution in [2.45, 2.75) is 19.2 Å². The molecule has 1 atom stereocenters. The Balaban J connectivity index is 1.22. The van der Waals surface area contributed by atoms with Crippen molar-refractivity contribution < 1.29 is 13.9 Å². The van der Waals surface area contributed by atoms with Gasteiger partial charge in [0, 0.05) is 25.2 Å². The molecule has 5 heteroatoms. The second-order valence-electron chi connectivity index (χ2n) is 7.93. The van der Waals surface area contributed by atoms with Crippen LogP contribution in [0.15, 0.2) is 78.9 Å². The van der Waals surface area contributed by atoms with Crippen molar-refractivity contribution in [3.8, 4) is 5.75 Å². The van der Waals surface area contributed by atoms with Crippen LogP contribution in [0.25, 0.3) is 5.57 Å². The molecule has 0 aliphatic carbocycles. The number of halogens is 1. The van der Waals surface area contributed by atoms with Crippen molar-refractivity contribution in [1.29, 1.82) is 0 Å². The molecule has 2 aliphatic heterocycles. The van der Waals surface area contributed by atoms with Crippen LogP contribution in [0.2, 0.25) is 0 Å². The molecular weight excluding hydrogens is 391 g/mol. The Morgan fingerprint density at radius 1 is 1.00 bits per heavy atom. The number of ether oxygens (including phenoxy) is 1. The predicted octanol–water partition coefficient (Wildman–Crippen LogP) is 4.94. The van der Waals surface area contributed by atoms with Crippen molar-refractivity contribution in [2.75, 3.05) is 13.1 Å². The zero-order valence-corrected chi connectivity index (χ0v) is 17.1. The first kappa shape index (κ1) is 19.5. The van der Waals surface area contributed by atoms with E-state index in [2.05, 4.69) is 28.4 Å². The lowest BCUT2D eigenvalue weighted by atomic mass is 9.99. The van der Waals surface area contributed by atoms with Gasteiger partial charge in [0.25, 0.3) is 5.91 Å². The first-order chi connectivity index (χ1) is 15.2. The highest BCUT2D eigenvalue weighted by atomic mass is 19.1. The zero-order chi connectivity index (χ0) is 21.2. The third-order valence-electron chi connectivity index (χ3n) is 5.84. The molecule has 156 valence electrons. The van der Waals surface area contributed by atoms with Crippen LogP contribution < -0.4 is 10.1 Å². The van der Waals surface area contributed by atoms with Crippen molar-refractivity contribution in [2.24, 2.45) is 0 Å². The maximum atomic E-state index is 13.1. The molecule has 0 aromatic heterocycles. The minimum absolute atomic E-state index is 0.118. The predicted molar refractivity (Wildman–Crippen MR) is 118 cm³/mol. The number of benzene rings is 3. The summed E-state index contributed by atoms with van der Waals surface area (Å²) in [6, 6.07) is 22.2. The van der Waals surface area contributed by atoms with Crippen LogP contribution in [-0.2, 0) is 6.54 Å². The van der Waals surface area contributed by atoms with Crippen LogP contribution in [0.3, 0.4) is 0 Å². The first-order valence-electron chi connectivity index (χ1n) is 10.5. The standard InChI is InChI=1S/C26H23FN2O2/c27-22-11-9-19(10-12-22)20-13-15-29(16-14-20)17-18-5-7-21(8-6-18)26-28-25(30)23-3-1-2-4-24(23)31-26/h1-13,26H,14-17H2,(H,28,30). The summed E-state index contributed by atoms with van der Waals surface area (Å²) in [5, 5.41) is 2.91. The van der Waals surface area contributed by atoms with Crippen LogP contribution in [0.5, 0.6) is 5.75 Å². The third-order valence-corrected chi connectivity index (χ3v) is 5.84. The Morgan fingerprint density at radius 2 is 1.77 bits per heavy atom. The number of carbonyl (C=O) groups is 1. The van der Waals surface area contributed by atoms with E-state index in [-0.39, 0.29) is 11.7 Å². The van der Waals surface area contributed by atoms with Crippen LogP contribution in [0.4, 0.5) is 4.39 Å². The summed E-state index contributed by atoms with van der Waals surface area (Å²) in [7, 11) is 0. The van der Waals surface area contributed by atoms with Gasteiger partial charge in [-0.2, -0.15) is 0 Å². The van der Waals surface area contributed by atoms with E-state index in [0.717, 1.165) is 37.2 Å². The van der Waals surface area contributed by atoms with E-state index >= 15 is 0 Å². The van der Waals surface area contributed by atoms with E-state index in [0.29, 0.717) is 11.3 Å². The second-order valence-corrected chi connectivity index (χ2v) is 7.93. The molecule has 3 aromatic carbocycles. The molecule has 0 spiro atoms. The summed E-state index contributed by atoms with van der Waals surface area (Å²) in [5.41, 5.74) is 5.07. The molecule has 4 nitrogen and oxygen atoms in total. The lowest BCUT2D eigenvalue weighted by Gasteiger charge is -2.28. The highest BCUT2D eigenvalue weighted by Gasteiger charge is 2.26. The summed E-state index contributed by atoms with van der Waals surface area (Å²) < 4.78 is 19.1. The van der Waals surface area contributed by atoms with Gasteiger partial charge in [-0.15, -0.1) is 0 Å². The number of fused-ring (bicyclic) bond motifs is 1. The summed E-state index contributed by atoms with van der Waals surface area (Å²) in [6.45, 7) is 2.69. The quantitative estimate of drug-likeness (QED) is 0.658. The molecule has 2 aliphatic rings. The molecule has 2 heterocycles. The maximum Gasteiger partial charge on any atom is 0.258 e. The number of hydrogen-bond donors (Lipinski definition) is 1. The van der Waals surface area contributed by atoms with Crippen LogP contribution in [-0.4, -0.2) is 23.9 Å². The van der Waals surface area contributed by atoms with Gasteiger partial charge in [0.05, 0.1) is 5.56 Å². The average Bonchev–Trinajstić information content (AvgIpc) is 2.81.